The van der Waals surface area contributed by atoms with E-state index in [-0.39, 0.29) is 18.6 Å². The molecular formula is C18H25NO4. The van der Waals surface area contributed by atoms with Gasteiger partial charge in [-0.15, -0.1) is 0 Å². The summed E-state index contributed by atoms with van der Waals surface area (Å²) in [5.41, 5.74) is 3.01. The van der Waals surface area contributed by atoms with Crippen molar-refractivity contribution in [2.24, 2.45) is 0 Å². The third kappa shape index (κ3) is 5.58. The molecule has 0 radical (unpaired) electrons. The van der Waals surface area contributed by atoms with Crippen molar-refractivity contribution < 1.29 is 19.4 Å². The van der Waals surface area contributed by atoms with Crippen molar-refractivity contribution in [3.63, 3.8) is 0 Å². The van der Waals surface area contributed by atoms with Crippen LogP contribution in [0.1, 0.15) is 50.3 Å². The van der Waals surface area contributed by atoms with Gasteiger partial charge in [0.25, 0.3) is 0 Å². The monoisotopic (exact) mass is 319 g/mol. The maximum atomic E-state index is 11.9. The number of hydrogen-bond donors (Lipinski definition) is 2. The van der Waals surface area contributed by atoms with Gasteiger partial charge in [-0.05, 0) is 63.1 Å². The first-order valence-corrected chi connectivity index (χ1v) is 8.05. The maximum Gasteiger partial charge on any atom is 0.407 e. The molecule has 0 heterocycles. The van der Waals surface area contributed by atoms with E-state index in [9.17, 15) is 9.59 Å². The Morgan fingerprint density at radius 2 is 2.04 bits per heavy atom. The second-order valence-electron chi connectivity index (χ2n) is 7.08. The number of rotatable bonds is 4. The molecule has 1 aromatic rings. The molecule has 0 unspecified atom stereocenters. The molecule has 1 aliphatic carbocycles. The van der Waals surface area contributed by atoms with E-state index in [1.165, 1.54) is 11.1 Å². The predicted octanol–water partition coefficient (Wildman–Crippen LogP) is 3.09. The number of carbonyl (C=O) groups excluding carboxylic acids is 1. The van der Waals surface area contributed by atoms with E-state index in [2.05, 4.69) is 17.4 Å². The minimum atomic E-state index is -0.785. The van der Waals surface area contributed by atoms with Crippen molar-refractivity contribution in [3.8, 4) is 0 Å². The molecule has 0 bridgehead atoms. The van der Waals surface area contributed by atoms with Crippen LogP contribution in [-0.4, -0.2) is 28.8 Å². The van der Waals surface area contributed by atoms with Gasteiger partial charge in [0.05, 0.1) is 0 Å². The molecule has 0 saturated carbocycles. The summed E-state index contributed by atoms with van der Waals surface area (Å²) in [5.74, 6) is -0.785. The second kappa shape index (κ2) is 7.02. The molecule has 0 spiro atoms. The number of carboxylic acids is 1. The average Bonchev–Trinajstić information content (AvgIpc) is 2.42. The minimum absolute atomic E-state index is 0.0621. The summed E-state index contributed by atoms with van der Waals surface area (Å²) in [6, 6.07) is 6.22. The van der Waals surface area contributed by atoms with Crippen LogP contribution in [0, 0.1) is 0 Å². The first kappa shape index (κ1) is 17.3. The minimum Gasteiger partial charge on any atom is -0.481 e. The van der Waals surface area contributed by atoms with Crippen molar-refractivity contribution in [3.05, 3.63) is 34.9 Å². The fraction of sp³-hybridized carbons (Fsp3) is 0.556. The van der Waals surface area contributed by atoms with Gasteiger partial charge in [-0.25, -0.2) is 4.79 Å². The highest BCUT2D eigenvalue weighted by molar-refractivity contribution is 5.68. The molecule has 5 heteroatoms. The third-order valence-electron chi connectivity index (χ3n) is 3.85. The number of aryl methyl sites for hydroxylation is 2. The molecule has 0 fully saturated rings. The number of carbonyl (C=O) groups is 2. The van der Waals surface area contributed by atoms with Crippen LogP contribution in [0.25, 0.3) is 0 Å². The van der Waals surface area contributed by atoms with E-state index < -0.39 is 11.6 Å². The lowest BCUT2D eigenvalue weighted by Gasteiger charge is -2.27. The van der Waals surface area contributed by atoms with Gasteiger partial charge in [0, 0.05) is 12.5 Å². The Hall–Kier alpha value is -2.04. The van der Waals surface area contributed by atoms with Crippen LogP contribution in [-0.2, 0) is 28.8 Å². The van der Waals surface area contributed by atoms with Crippen molar-refractivity contribution in [2.75, 3.05) is 0 Å². The number of fused-ring (bicyclic) bond motifs is 1. The van der Waals surface area contributed by atoms with E-state index in [1.54, 1.807) is 0 Å². The zero-order valence-corrected chi connectivity index (χ0v) is 14.0. The highest BCUT2D eigenvalue weighted by Gasteiger charge is 2.23. The molecule has 1 aliphatic rings. The topological polar surface area (TPSA) is 75.6 Å². The van der Waals surface area contributed by atoms with E-state index in [4.69, 9.17) is 9.84 Å². The number of hydrogen-bond acceptors (Lipinski definition) is 3. The average molecular weight is 319 g/mol. The SMILES string of the molecule is CC(C)(C)OC(=O)N[C@H]1CCc2ccc(CCC(=O)O)cc2C1. The summed E-state index contributed by atoms with van der Waals surface area (Å²) in [7, 11) is 0. The Balaban J connectivity index is 1.97. The number of ether oxygens (including phenoxy) is 1. The van der Waals surface area contributed by atoms with Crippen LogP contribution in [0.4, 0.5) is 4.79 Å². The number of amides is 1. The van der Waals surface area contributed by atoms with E-state index in [1.807, 2.05) is 26.8 Å². The van der Waals surface area contributed by atoms with Crippen LogP contribution in [0.3, 0.4) is 0 Å². The molecule has 2 N–H and O–H groups in total. The van der Waals surface area contributed by atoms with E-state index in [0.29, 0.717) is 6.42 Å². The first-order chi connectivity index (χ1) is 10.7. The number of alkyl carbamates (subject to hydrolysis) is 1. The van der Waals surface area contributed by atoms with Crippen LogP contribution in [0.2, 0.25) is 0 Å². The Morgan fingerprint density at radius 3 is 2.70 bits per heavy atom. The number of benzene rings is 1. The smallest absolute Gasteiger partial charge is 0.407 e. The Bertz CT molecular complexity index is 589. The number of carboxylic acid groups (broad SMARTS) is 1. The quantitative estimate of drug-likeness (QED) is 0.894. The number of nitrogens with one attached hydrogen (secondary N) is 1. The third-order valence-corrected chi connectivity index (χ3v) is 3.85. The largest absolute Gasteiger partial charge is 0.481 e. The highest BCUT2D eigenvalue weighted by Crippen LogP contribution is 2.23. The molecular weight excluding hydrogens is 294 g/mol. The lowest BCUT2D eigenvalue weighted by atomic mass is 9.86. The summed E-state index contributed by atoms with van der Waals surface area (Å²) in [6.45, 7) is 5.53. The second-order valence-corrected chi connectivity index (χ2v) is 7.08. The van der Waals surface area contributed by atoms with E-state index >= 15 is 0 Å². The van der Waals surface area contributed by atoms with Gasteiger partial charge in [0.15, 0.2) is 0 Å². The zero-order valence-electron chi connectivity index (χ0n) is 14.0. The van der Waals surface area contributed by atoms with Crippen LogP contribution in [0.5, 0.6) is 0 Å². The van der Waals surface area contributed by atoms with Gasteiger partial charge in [-0.1, -0.05) is 18.2 Å². The predicted molar refractivity (Wildman–Crippen MR) is 87.6 cm³/mol. The van der Waals surface area contributed by atoms with Crippen molar-refractivity contribution in [1.29, 1.82) is 0 Å². The van der Waals surface area contributed by atoms with Crippen LogP contribution < -0.4 is 5.32 Å². The Morgan fingerprint density at radius 1 is 1.30 bits per heavy atom. The van der Waals surface area contributed by atoms with E-state index in [0.717, 1.165) is 24.8 Å². The summed E-state index contributed by atoms with van der Waals surface area (Å²) >= 11 is 0. The molecule has 1 atom stereocenters. The van der Waals surface area contributed by atoms with Crippen LogP contribution >= 0.6 is 0 Å². The van der Waals surface area contributed by atoms with Gasteiger partial charge >= 0.3 is 12.1 Å². The lowest BCUT2D eigenvalue weighted by Crippen LogP contribution is -2.41. The van der Waals surface area contributed by atoms with Gasteiger partial charge in [0.1, 0.15) is 5.60 Å². The number of aliphatic carboxylic acids is 1. The van der Waals surface area contributed by atoms with Crippen LogP contribution in [0.15, 0.2) is 18.2 Å². The molecule has 5 nitrogen and oxygen atoms in total. The van der Waals surface area contributed by atoms with Gasteiger partial charge in [-0.3, -0.25) is 4.79 Å². The molecule has 0 aromatic heterocycles. The summed E-state index contributed by atoms with van der Waals surface area (Å²) < 4.78 is 5.30. The molecule has 0 aliphatic heterocycles. The molecule has 23 heavy (non-hydrogen) atoms. The summed E-state index contributed by atoms with van der Waals surface area (Å²) in [6.07, 6.45) is 2.85. The maximum absolute atomic E-state index is 11.9. The summed E-state index contributed by atoms with van der Waals surface area (Å²) in [4.78, 5) is 22.6. The Labute approximate surface area is 137 Å². The first-order valence-electron chi connectivity index (χ1n) is 8.05. The van der Waals surface area contributed by atoms with Gasteiger partial charge < -0.3 is 15.2 Å². The van der Waals surface area contributed by atoms with Crippen molar-refractivity contribution in [2.45, 2.75) is 64.5 Å². The molecule has 126 valence electrons. The molecule has 2 rings (SSSR count). The van der Waals surface area contributed by atoms with Gasteiger partial charge in [-0.2, -0.15) is 0 Å². The lowest BCUT2D eigenvalue weighted by molar-refractivity contribution is -0.136. The van der Waals surface area contributed by atoms with Gasteiger partial charge in [0.2, 0.25) is 0 Å². The molecule has 0 saturated heterocycles. The summed E-state index contributed by atoms with van der Waals surface area (Å²) in [5, 5.41) is 11.7. The molecule has 1 aromatic carbocycles. The van der Waals surface area contributed by atoms with Crippen molar-refractivity contribution in [1.82, 2.24) is 5.32 Å². The normalized spacial score (nSPS) is 17.3. The standard InChI is InChI=1S/C18H25NO4/c1-18(2,3)23-17(22)19-15-8-7-13-6-4-12(5-9-16(20)21)10-14(13)11-15/h4,6,10,15H,5,7-9,11H2,1-3H3,(H,19,22)(H,20,21)/t15-/m0/s1. The fourth-order valence-electron chi connectivity index (χ4n) is 2.81. The van der Waals surface area contributed by atoms with Crippen molar-refractivity contribution >= 4 is 12.1 Å². The fourth-order valence-corrected chi connectivity index (χ4v) is 2.81. The molecule has 1 amide bonds. The Kier molecular flexibility index (Phi) is 5.29. The highest BCUT2D eigenvalue weighted by atomic mass is 16.6. The zero-order chi connectivity index (χ0) is 17.0.